The summed E-state index contributed by atoms with van der Waals surface area (Å²) in [6.07, 6.45) is -4.67. The van der Waals surface area contributed by atoms with E-state index in [9.17, 15) is 18.0 Å². The van der Waals surface area contributed by atoms with Crippen LogP contribution in [0.1, 0.15) is 18.3 Å². The molecule has 0 aliphatic rings. The summed E-state index contributed by atoms with van der Waals surface area (Å²) in [6, 6.07) is 6.65. The molecule has 1 atom stereocenters. The fourth-order valence-corrected chi connectivity index (χ4v) is 1.87. The predicted octanol–water partition coefficient (Wildman–Crippen LogP) is 2.82. The monoisotopic (exact) mass is 413 g/mol. The molecule has 1 heterocycles. The average Bonchev–Trinajstić information content (AvgIpc) is 2.87. The number of benzene rings is 1. The Morgan fingerprint density at radius 1 is 1.30 bits per heavy atom. The minimum atomic E-state index is -4.67. The Balaban J connectivity index is 0.00000264. The third kappa shape index (κ3) is 4.43. The smallest absolute Gasteiger partial charge is 0.314 e. The fraction of sp³-hybridized carbons (Fsp3) is 0.250. The molecular weight excluding hydrogens is 403 g/mol. The van der Waals surface area contributed by atoms with Crippen molar-refractivity contribution in [2.45, 2.75) is 18.6 Å². The van der Waals surface area contributed by atoms with Crippen LogP contribution in [0.2, 0.25) is 0 Å². The van der Waals surface area contributed by atoms with Crippen molar-refractivity contribution in [3.05, 3.63) is 40.1 Å². The zero-order valence-electron chi connectivity index (χ0n) is 11.6. The van der Waals surface area contributed by atoms with Crippen molar-refractivity contribution < 1.29 is 18.0 Å². The molecule has 0 saturated heterocycles. The van der Waals surface area contributed by atoms with Gasteiger partial charge in [-0.1, -0.05) is 28.1 Å². The van der Waals surface area contributed by atoms with E-state index in [0.29, 0.717) is 5.56 Å². The zero-order valence-corrected chi connectivity index (χ0v) is 14.0. The highest BCUT2D eigenvalue weighted by Crippen LogP contribution is 2.27. The summed E-state index contributed by atoms with van der Waals surface area (Å²) in [5.74, 6) is -2.53. The van der Waals surface area contributed by atoms with Gasteiger partial charge in [0.25, 0.3) is 5.91 Å². The van der Waals surface area contributed by atoms with Crippen molar-refractivity contribution in [3.8, 4) is 0 Å². The van der Waals surface area contributed by atoms with Crippen molar-refractivity contribution in [3.63, 3.8) is 0 Å². The Morgan fingerprint density at radius 3 is 2.35 bits per heavy atom. The molecule has 1 amide bonds. The van der Waals surface area contributed by atoms with Crippen molar-refractivity contribution in [1.29, 1.82) is 0 Å². The molecule has 1 unspecified atom stereocenters. The van der Waals surface area contributed by atoms with E-state index in [1.807, 2.05) is 0 Å². The number of nitrogens with zero attached hydrogens (tertiary/aromatic N) is 2. The van der Waals surface area contributed by atoms with Gasteiger partial charge in [-0.3, -0.25) is 15.2 Å². The van der Waals surface area contributed by atoms with Crippen LogP contribution >= 0.6 is 28.3 Å². The van der Waals surface area contributed by atoms with E-state index in [1.165, 1.54) is 6.92 Å². The first-order chi connectivity index (χ1) is 10.1. The lowest BCUT2D eigenvalue weighted by molar-refractivity contribution is -0.144. The summed E-state index contributed by atoms with van der Waals surface area (Å²) in [6.45, 7) is 1.43. The number of nitrogens with two attached hydrogens (primary N) is 1. The number of nitrogens with one attached hydrogen (secondary N) is 2. The second-order valence-electron chi connectivity index (χ2n) is 4.67. The number of halogens is 5. The van der Waals surface area contributed by atoms with Gasteiger partial charge in [0.15, 0.2) is 0 Å². The summed E-state index contributed by atoms with van der Waals surface area (Å²) in [4.78, 5) is 15.3. The van der Waals surface area contributed by atoms with Crippen molar-refractivity contribution in [1.82, 2.24) is 15.2 Å². The van der Waals surface area contributed by atoms with E-state index in [1.54, 1.807) is 29.4 Å². The third-order valence-electron chi connectivity index (χ3n) is 2.89. The summed E-state index contributed by atoms with van der Waals surface area (Å²) in [5, 5.41) is 7.15. The van der Waals surface area contributed by atoms with Crippen molar-refractivity contribution >= 4 is 40.2 Å². The Labute approximate surface area is 143 Å². The number of aromatic nitrogens is 3. The van der Waals surface area contributed by atoms with Gasteiger partial charge < -0.3 is 5.73 Å². The quantitative estimate of drug-likeness (QED) is 0.719. The van der Waals surface area contributed by atoms with Gasteiger partial charge in [-0.2, -0.15) is 18.2 Å². The number of hydrogen-bond donors (Lipinski definition) is 3. The lowest BCUT2D eigenvalue weighted by Crippen LogP contribution is -2.45. The molecule has 1 aromatic heterocycles. The molecule has 126 valence electrons. The maximum Gasteiger partial charge on any atom is 0.451 e. The molecule has 6 nitrogen and oxygen atoms in total. The minimum absolute atomic E-state index is 0. The largest absolute Gasteiger partial charge is 0.451 e. The first kappa shape index (κ1) is 19.4. The molecule has 0 aliphatic heterocycles. The number of hydrogen-bond acceptors (Lipinski definition) is 4. The normalized spacial score (nSPS) is 13.8. The lowest BCUT2D eigenvalue weighted by Gasteiger charge is -2.23. The van der Waals surface area contributed by atoms with Gasteiger partial charge in [0.2, 0.25) is 11.8 Å². The molecule has 0 radical (unpaired) electrons. The topological polar surface area (TPSA) is 96.7 Å². The van der Waals surface area contributed by atoms with Gasteiger partial charge >= 0.3 is 6.18 Å². The van der Waals surface area contributed by atoms with E-state index >= 15 is 0 Å². The number of H-pyrrole nitrogens is 1. The van der Waals surface area contributed by atoms with E-state index in [4.69, 9.17) is 5.73 Å². The Morgan fingerprint density at radius 2 is 1.87 bits per heavy atom. The second kappa shape index (κ2) is 6.85. The number of carbonyl (C=O) groups excluding carboxylic acids is 1. The molecule has 11 heteroatoms. The summed E-state index contributed by atoms with van der Waals surface area (Å²) in [7, 11) is 0. The Hall–Kier alpha value is -1.65. The number of anilines is 1. The van der Waals surface area contributed by atoms with Gasteiger partial charge in [0, 0.05) is 4.47 Å². The summed E-state index contributed by atoms with van der Waals surface area (Å²) >= 11 is 3.25. The van der Waals surface area contributed by atoms with Crippen LogP contribution in [-0.2, 0) is 16.5 Å². The molecule has 0 bridgehead atoms. The van der Waals surface area contributed by atoms with Gasteiger partial charge in [-0.05, 0) is 24.6 Å². The Kier molecular flexibility index (Phi) is 5.78. The van der Waals surface area contributed by atoms with Gasteiger partial charge in [-0.15, -0.1) is 17.5 Å². The number of alkyl halides is 3. The van der Waals surface area contributed by atoms with E-state index < -0.39 is 29.4 Å². The molecule has 0 aliphatic carbocycles. The number of rotatable bonds is 3. The third-order valence-corrected chi connectivity index (χ3v) is 3.42. The first-order valence-corrected chi connectivity index (χ1v) is 6.76. The standard InChI is InChI=1S/C12H11BrF3N5O.ClH/c1-11(17,6-2-4-7(13)5-3-6)9(22)19-10-18-8(20-21-10)12(14,15)16;/h2-5H,17H2,1H3,(H2,18,19,20,21,22);1H. The molecule has 4 N–H and O–H groups in total. The van der Waals surface area contributed by atoms with Crippen LogP contribution in [0.5, 0.6) is 0 Å². The second-order valence-corrected chi connectivity index (χ2v) is 5.58. The van der Waals surface area contributed by atoms with Crippen LogP contribution in [0.15, 0.2) is 28.7 Å². The van der Waals surface area contributed by atoms with Gasteiger partial charge in [0.05, 0.1) is 0 Å². The lowest BCUT2D eigenvalue weighted by atomic mass is 9.92. The van der Waals surface area contributed by atoms with Crippen molar-refractivity contribution in [2.24, 2.45) is 5.73 Å². The van der Waals surface area contributed by atoms with Gasteiger partial charge in [-0.25, -0.2) is 0 Å². The molecule has 1 aromatic carbocycles. The van der Waals surface area contributed by atoms with Gasteiger partial charge in [0.1, 0.15) is 5.54 Å². The zero-order chi connectivity index (χ0) is 16.5. The molecule has 23 heavy (non-hydrogen) atoms. The molecule has 0 saturated carbocycles. The van der Waals surface area contributed by atoms with Crippen LogP contribution in [0, 0.1) is 0 Å². The summed E-state index contributed by atoms with van der Waals surface area (Å²) in [5.41, 5.74) is 4.98. The highest BCUT2D eigenvalue weighted by Gasteiger charge is 2.36. The molecular formula is C12H12BrClF3N5O. The number of carbonyl (C=O) groups is 1. The molecule has 0 spiro atoms. The minimum Gasteiger partial charge on any atom is -0.314 e. The van der Waals surface area contributed by atoms with Crippen LogP contribution in [0.4, 0.5) is 19.1 Å². The van der Waals surface area contributed by atoms with Crippen LogP contribution in [0.3, 0.4) is 0 Å². The molecule has 2 rings (SSSR count). The Bertz CT molecular complexity index is 687. The number of amides is 1. The van der Waals surface area contributed by atoms with E-state index in [2.05, 4.69) is 31.3 Å². The fourth-order valence-electron chi connectivity index (χ4n) is 1.60. The van der Waals surface area contributed by atoms with Crippen LogP contribution in [-0.4, -0.2) is 21.1 Å². The van der Waals surface area contributed by atoms with Crippen LogP contribution < -0.4 is 11.1 Å². The predicted molar refractivity (Wildman–Crippen MR) is 82.9 cm³/mol. The first-order valence-electron chi connectivity index (χ1n) is 5.96. The summed E-state index contributed by atoms with van der Waals surface area (Å²) < 4.78 is 38.0. The molecule has 2 aromatic rings. The van der Waals surface area contributed by atoms with E-state index in [-0.39, 0.29) is 12.4 Å². The van der Waals surface area contributed by atoms with Crippen LogP contribution in [0.25, 0.3) is 0 Å². The SMILES string of the molecule is CC(N)(C(=O)Nc1n[nH]c(C(F)(F)F)n1)c1ccc(Br)cc1.Cl. The highest BCUT2D eigenvalue weighted by atomic mass is 79.9. The number of aromatic amines is 1. The maximum atomic E-state index is 12.4. The van der Waals surface area contributed by atoms with E-state index in [0.717, 1.165) is 4.47 Å². The highest BCUT2D eigenvalue weighted by molar-refractivity contribution is 9.10. The maximum absolute atomic E-state index is 12.4. The average molecular weight is 415 g/mol. The molecule has 0 fully saturated rings. The van der Waals surface area contributed by atoms with Crippen molar-refractivity contribution in [2.75, 3.05) is 5.32 Å².